The molecule has 0 aliphatic heterocycles. The number of aliphatic hydroxyl groups is 1. The zero-order chi connectivity index (χ0) is 19.1. The Kier molecular flexibility index (Phi) is 7.02. The second kappa shape index (κ2) is 9.67. The maximum Gasteiger partial charge on any atom is 0.137 e. The van der Waals surface area contributed by atoms with E-state index in [0.29, 0.717) is 19.0 Å². The normalized spacial score (nSPS) is 17.2. The molecule has 2 aromatic rings. The number of ether oxygens (including phenoxy) is 1. The molecule has 0 saturated heterocycles. The molecule has 0 bridgehead atoms. The van der Waals surface area contributed by atoms with Gasteiger partial charge in [-0.25, -0.2) is 0 Å². The molecule has 2 aromatic carbocycles. The van der Waals surface area contributed by atoms with Crippen molar-refractivity contribution in [2.75, 3.05) is 13.2 Å². The van der Waals surface area contributed by atoms with Crippen molar-refractivity contribution in [1.29, 1.82) is 0 Å². The smallest absolute Gasteiger partial charge is 0.137 e. The Morgan fingerprint density at radius 2 is 2.00 bits per heavy atom. The van der Waals surface area contributed by atoms with Crippen LogP contribution in [0.3, 0.4) is 0 Å². The Hall–Kier alpha value is -2.17. The van der Waals surface area contributed by atoms with Gasteiger partial charge in [-0.1, -0.05) is 36.4 Å². The minimum atomic E-state index is -0.503. The number of hydrogen-bond donors (Lipinski definition) is 2. The fourth-order valence-corrected chi connectivity index (χ4v) is 3.69. The summed E-state index contributed by atoms with van der Waals surface area (Å²) in [6.45, 7) is 2.54. The number of benzene rings is 2. The molecule has 3 rings (SSSR count). The van der Waals surface area contributed by atoms with Crippen molar-refractivity contribution >= 4 is 5.78 Å². The zero-order valence-electron chi connectivity index (χ0n) is 16.1. The first-order valence-electron chi connectivity index (χ1n) is 9.92. The van der Waals surface area contributed by atoms with Gasteiger partial charge in [0.25, 0.3) is 0 Å². The highest BCUT2D eigenvalue weighted by Crippen LogP contribution is 2.26. The van der Waals surface area contributed by atoms with Crippen molar-refractivity contribution in [3.63, 3.8) is 0 Å². The van der Waals surface area contributed by atoms with Crippen molar-refractivity contribution in [2.24, 2.45) is 0 Å². The Morgan fingerprint density at radius 1 is 1.22 bits per heavy atom. The highest BCUT2D eigenvalue weighted by Gasteiger charge is 2.23. The van der Waals surface area contributed by atoms with Crippen molar-refractivity contribution in [2.45, 2.75) is 51.2 Å². The fourth-order valence-electron chi connectivity index (χ4n) is 3.69. The Labute approximate surface area is 161 Å². The summed E-state index contributed by atoms with van der Waals surface area (Å²) in [5.74, 6) is 0.957. The molecule has 0 unspecified atom stereocenters. The summed E-state index contributed by atoms with van der Waals surface area (Å²) >= 11 is 0. The van der Waals surface area contributed by atoms with Crippen LogP contribution in [0.5, 0.6) is 5.75 Å². The Balaban J connectivity index is 1.42. The number of Topliss-reactive ketones (excluding diaryl/α,β-unsaturated/α-hetero) is 1. The van der Waals surface area contributed by atoms with Crippen molar-refractivity contribution < 1.29 is 20.0 Å². The average molecular weight is 368 g/mol. The third kappa shape index (κ3) is 5.91. The van der Waals surface area contributed by atoms with E-state index in [0.717, 1.165) is 30.6 Å². The first kappa shape index (κ1) is 19.6. The standard InChI is InChI=1S/C23H29NO3/c1-17(25)9-10-18-11-13-21(14-12-18)27-16-20(26)15-24-23-8-4-6-19-5-2-3-7-22(19)23/h2-3,5,7,11-14,20,23-24,26H,4,6,8-10,15-16H2,1H3/p+1/t20-,23-/m1/s1. The molecule has 144 valence electrons. The summed E-state index contributed by atoms with van der Waals surface area (Å²) in [5.41, 5.74) is 3.99. The summed E-state index contributed by atoms with van der Waals surface area (Å²) in [7, 11) is 0. The lowest BCUT2D eigenvalue weighted by Crippen LogP contribution is -2.87. The zero-order valence-corrected chi connectivity index (χ0v) is 16.1. The predicted molar refractivity (Wildman–Crippen MR) is 106 cm³/mol. The molecular formula is C23H30NO3+. The lowest BCUT2D eigenvalue weighted by molar-refractivity contribution is -0.702. The van der Waals surface area contributed by atoms with E-state index in [1.54, 1.807) is 6.92 Å². The second-order valence-corrected chi connectivity index (χ2v) is 7.48. The molecule has 4 heteroatoms. The van der Waals surface area contributed by atoms with Gasteiger partial charge < -0.3 is 20.0 Å². The van der Waals surface area contributed by atoms with Crippen LogP contribution in [0, 0.1) is 0 Å². The second-order valence-electron chi connectivity index (χ2n) is 7.48. The highest BCUT2D eigenvalue weighted by molar-refractivity contribution is 5.75. The van der Waals surface area contributed by atoms with Crippen molar-refractivity contribution in [3.8, 4) is 5.75 Å². The van der Waals surface area contributed by atoms with Gasteiger partial charge in [0.05, 0.1) is 0 Å². The lowest BCUT2D eigenvalue weighted by atomic mass is 9.88. The maximum atomic E-state index is 11.1. The number of carbonyl (C=O) groups excluding carboxylic acids is 1. The molecule has 0 amide bonds. The van der Waals surface area contributed by atoms with Gasteiger partial charge >= 0.3 is 0 Å². The van der Waals surface area contributed by atoms with E-state index in [9.17, 15) is 9.90 Å². The molecular weight excluding hydrogens is 338 g/mol. The summed E-state index contributed by atoms with van der Waals surface area (Å²) < 4.78 is 5.72. The van der Waals surface area contributed by atoms with E-state index in [1.807, 2.05) is 24.3 Å². The third-order valence-electron chi connectivity index (χ3n) is 5.24. The summed E-state index contributed by atoms with van der Waals surface area (Å²) in [5, 5.41) is 12.5. The van der Waals surface area contributed by atoms with Gasteiger partial charge in [-0.3, -0.25) is 0 Å². The van der Waals surface area contributed by atoms with Gasteiger partial charge in [-0.15, -0.1) is 0 Å². The number of fused-ring (bicyclic) bond motifs is 1. The highest BCUT2D eigenvalue weighted by atomic mass is 16.5. The summed E-state index contributed by atoms with van der Waals surface area (Å²) in [6.07, 6.45) is 4.35. The minimum Gasteiger partial charge on any atom is -0.491 e. The first-order chi connectivity index (χ1) is 13.1. The van der Waals surface area contributed by atoms with E-state index in [-0.39, 0.29) is 12.4 Å². The number of nitrogens with two attached hydrogens (primary N) is 1. The SMILES string of the molecule is CC(=O)CCc1ccc(OC[C@H](O)C[NH2+][C@@H]2CCCc3ccccc32)cc1. The van der Waals surface area contributed by atoms with Crippen LogP contribution in [0.2, 0.25) is 0 Å². The van der Waals surface area contributed by atoms with E-state index >= 15 is 0 Å². The van der Waals surface area contributed by atoms with Crippen LogP contribution in [0.25, 0.3) is 0 Å². The van der Waals surface area contributed by atoms with Crippen LogP contribution in [0.4, 0.5) is 0 Å². The molecule has 0 heterocycles. The third-order valence-corrected chi connectivity index (χ3v) is 5.24. The number of ketones is 1. The van der Waals surface area contributed by atoms with Crippen LogP contribution in [0.15, 0.2) is 48.5 Å². The Morgan fingerprint density at radius 3 is 2.78 bits per heavy atom. The number of hydrogen-bond acceptors (Lipinski definition) is 3. The number of rotatable bonds is 9. The topological polar surface area (TPSA) is 63.1 Å². The average Bonchev–Trinajstić information content (AvgIpc) is 2.69. The number of quaternary nitrogens is 1. The van der Waals surface area contributed by atoms with Crippen LogP contribution in [-0.4, -0.2) is 30.1 Å². The number of carbonyl (C=O) groups is 1. The molecule has 0 radical (unpaired) electrons. The van der Waals surface area contributed by atoms with E-state index < -0.39 is 6.10 Å². The molecule has 1 aliphatic rings. The molecule has 27 heavy (non-hydrogen) atoms. The van der Waals surface area contributed by atoms with E-state index in [2.05, 4.69) is 29.6 Å². The number of aryl methyl sites for hydroxylation is 2. The largest absolute Gasteiger partial charge is 0.491 e. The minimum absolute atomic E-state index is 0.204. The van der Waals surface area contributed by atoms with Crippen LogP contribution in [-0.2, 0) is 17.6 Å². The lowest BCUT2D eigenvalue weighted by Gasteiger charge is -2.24. The van der Waals surface area contributed by atoms with Crippen LogP contribution in [0.1, 0.15) is 48.9 Å². The monoisotopic (exact) mass is 368 g/mol. The van der Waals surface area contributed by atoms with Crippen molar-refractivity contribution in [1.82, 2.24) is 0 Å². The molecule has 0 saturated carbocycles. The molecule has 3 N–H and O–H groups in total. The molecule has 2 atom stereocenters. The fraction of sp³-hybridized carbons (Fsp3) is 0.435. The van der Waals surface area contributed by atoms with Crippen LogP contribution < -0.4 is 10.1 Å². The number of aliphatic hydroxyl groups excluding tert-OH is 1. The van der Waals surface area contributed by atoms with Gasteiger partial charge in [0.15, 0.2) is 0 Å². The maximum absolute atomic E-state index is 11.1. The van der Waals surface area contributed by atoms with E-state index in [1.165, 1.54) is 17.5 Å². The van der Waals surface area contributed by atoms with E-state index in [4.69, 9.17) is 4.74 Å². The van der Waals surface area contributed by atoms with Gasteiger partial charge in [-0.05, 0) is 49.4 Å². The molecule has 0 fully saturated rings. The molecule has 4 nitrogen and oxygen atoms in total. The van der Waals surface area contributed by atoms with Crippen molar-refractivity contribution in [3.05, 3.63) is 65.2 Å². The van der Waals surface area contributed by atoms with Gasteiger partial charge in [0, 0.05) is 18.4 Å². The summed E-state index contributed by atoms with van der Waals surface area (Å²) in [4.78, 5) is 11.1. The van der Waals surface area contributed by atoms with Gasteiger partial charge in [-0.2, -0.15) is 0 Å². The molecule has 0 spiro atoms. The predicted octanol–water partition coefficient (Wildman–Crippen LogP) is 2.59. The summed E-state index contributed by atoms with van der Waals surface area (Å²) in [6, 6.07) is 16.9. The van der Waals surface area contributed by atoms with Crippen LogP contribution >= 0.6 is 0 Å². The van der Waals surface area contributed by atoms with Gasteiger partial charge in [0.2, 0.25) is 0 Å². The quantitative estimate of drug-likeness (QED) is 0.715. The molecule has 0 aromatic heterocycles. The first-order valence-corrected chi connectivity index (χ1v) is 9.92. The molecule has 1 aliphatic carbocycles. The Bertz CT molecular complexity index is 742. The van der Waals surface area contributed by atoms with Gasteiger partial charge in [0.1, 0.15) is 36.8 Å².